The molecule has 0 spiro atoms. The Morgan fingerprint density at radius 1 is 1.09 bits per heavy atom. The van der Waals surface area contributed by atoms with Gasteiger partial charge in [0.15, 0.2) is 0 Å². The first-order valence-corrected chi connectivity index (χ1v) is 10.1. The highest BCUT2D eigenvalue weighted by atomic mass is 32.2. The fourth-order valence-electron chi connectivity index (χ4n) is 3.24. The predicted molar refractivity (Wildman–Crippen MR) is 91.5 cm³/mol. The lowest BCUT2D eigenvalue weighted by molar-refractivity contribution is 0.359. The van der Waals surface area contributed by atoms with Crippen LogP contribution >= 0.6 is 0 Å². The molecule has 3 nitrogen and oxygen atoms in total. The van der Waals surface area contributed by atoms with Gasteiger partial charge in [-0.05, 0) is 38.3 Å². The zero-order valence-electron chi connectivity index (χ0n) is 13.9. The number of hydrogen-bond donors (Lipinski definition) is 0. The van der Waals surface area contributed by atoms with Crippen LogP contribution in [-0.2, 0) is 10.0 Å². The van der Waals surface area contributed by atoms with E-state index in [0.29, 0.717) is 11.4 Å². The molecule has 1 saturated heterocycles. The average molecular weight is 324 g/mol. The monoisotopic (exact) mass is 323 g/mol. The van der Waals surface area contributed by atoms with E-state index in [2.05, 4.69) is 6.92 Å². The largest absolute Gasteiger partial charge is 0.243 e. The Kier molecular flexibility index (Phi) is 6.45. The molecule has 0 amide bonds. The third-order valence-electron chi connectivity index (χ3n) is 4.59. The third kappa shape index (κ3) is 4.32. The molecule has 0 radical (unpaired) electrons. The summed E-state index contributed by atoms with van der Waals surface area (Å²) in [5.74, 6) is 0. The van der Waals surface area contributed by atoms with Crippen molar-refractivity contribution < 1.29 is 8.42 Å². The summed E-state index contributed by atoms with van der Waals surface area (Å²) in [5, 5.41) is 0. The van der Waals surface area contributed by atoms with Gasteiger partial charge in [-0.3, -0.25) is 0 Å². The first kappa shape index (κ1) is 17.5. The summed E-state index contributed by atoms with van der Waals surface area (Å²) < 4.78 is 27.4. The molecule has 0 unspecified atom stereocenters. The van der Waals surface area contributed by atoms with Gasteiger partial charge < -0.3 is 0 Å². The lowest BCUT2D eigenvalue weighted by atomic mass is 10.1. The van der Waals surface area contributed by atoms with Gasteiger partial charge in [-0.15, -0.1) is 0 Å². The molecule has 0 aliphatic carbocycles. The summed E-state index contributed by atoms with van der Waals surface area (Å²) in [4.78, 5) is 0.441. The van der Waals surface area contributed by atoms with Crippen LogP contribution in [0.25, 0.3) is 0 Å². The van der Waals surface area contributed by atoms with Crippen molar-refractivity contribution in [3.05, 3.63) is 29.8 Å². The molecular formula is C18H29NO2S. The second-order valence-electron chi connectivity index (χ2n) is 6.43. The summed E-state index contributed by atoms with van der Waals surface area (Å²) in [6.07, 6.45) is 9.19. The second-order valence-corrected chi connectivity index (χ2v) is 8.32. The summed E-state index contributed by atoms with van der Waals surface area (Å²) in [6, 6.07) is 7.43. The molecule has 1 atom stereocenters. The molecule has 124 valence electrons. The maximum atomic E-state index is 12.8. The lowest BCUT2D eigenvalue weighted by Crippen LogP contribution is -2.35. The van der Waals surface area contributed by atoms with E-state index in [1.54, 1.807) is 16.4 Å². The smallest absolute Gasteiger partial charge is 0.207 e. The predicted octanol–water partition coefficient (Wildman–Crippen LogP) is 4.51. The molecular weight excluding hydrogens is 294 g/mol. The van der Waals surface area contributed by atoms with Crippen LogP contribution in [0.5, 0.6) is 0 Å². The Labute approximate surface area is 135 Å². The average Bonchev–Trinajstić information content (AvgIpc) is 2.97. The molecule has 0 bridgehead atoms. The molecule has 0 N–H and O–H groups in total. The quantitative estimate of drug-likeness (QED) is 0.660. The van der Waals surface area contributed by atoms with E-state index in [1.165, 1.54) is 25.7 Å². The van der Waals surface area contributed by atoms with E-state index < -0.39 is 10.0 Å². The lowest BCUT2D eigenvalue weighted by Gasteiger charge is -2.24. The van der Waals surface area contributed by atoms with Crippen molar-refractivity contribution in [1.29, 1.82) is 0 Å². The van der Waals surface area contributed by atoms with Crippen LogP contribution in [0.3, 0.4) is 0 Å². The highest BCUT2D eigenvalue weighted by Gasteiger charge is 2.34. The number of nitrogens with zero attached hydrogens (tertiary/aromatic N) is 1. The zero-order valence-corrected chi connectivity index (χ0v) is 14.7. The minimum Gasteiger partial charge on any atom is -0.207 e. The number of unbranched alkanes of at least 4 members (excludes halogenated alkanes) is 4. The summed E-state index contributed by atoms with van der Waals surface area (Å²) >= 11 is 0. The van der Waals surface area contributed by atoms with E-state index in [0.717, 1.165) is 31.2 Å². The van der Waals surface area contributed by atoms with Crippen LogP contribution in [0.15, 0.2) is 29.2 Å². The van der Waals surface area contributed by atoms with Crippen LogP contribution in [0.1, 0.15) is 63.9 Å². The Bertz CT molecular complexity index is 551. The van der Waals surface area contributed by atoms with Crippen molar-refractivity contribution in [2.24, 2.45) is 0 Å². The van der Waals surface area contributed by atoms with Crippen LogP contribution in [0.2, 0.25) is 0 Å². The van der Waals surface area contributed by atoms with Gasteiger partial charge in [0.05, 0.1) is 4.90 Å². The van der Waals surface area contributed by atoms with Gasteiger partial charge in [-0.2, -0.15) is 4.31 Å². The SMILES string of the molecule is CCCCCCC[C@@H]1CCCN1S(=O)(=O)c1ccc(C)cc1. The molecule has 1 aromatic carbocycles. The van der Waals surface area contributed by atoms with Gasteiger partial charge in [0.1, 0.15) is 0 Å². The van der Waals surface area contributed by atoms with Gasteiger partial charge >= 0.3 is 0 Å². The molecule has 1 heterocycles. The molecule has 2 rings (SSSR count). The number of aryl methyl sites for hydroxylation is 1. The van der Waals surface area contributed by atoms with E-state index >= 15 is 0 Å². The topological polar surface area (TPSA) is 37.4 Å². The maximum absolute atomic E-state index is 12.8. The Hall–Kier alpha value is -0.870. The second kappa shape index (κ2) is 8.11. The summed E-state index contributed by atoms with van der Waals surface area (Å²) in [7, 11) is -3.32. The number of rotatable bonds is 8. The van der Waals surface area contributed by atoms with Crippen LogP contribution < -0.4 is 0 Å². The molecule has 22 heavy (non-hydrogen) atoms. The van der Waals surface area contributed by atoms with Gasteiger partial charge in [0, 0.05) is 12.6 Å². The number of benzene rings is 1. The highest BCUT2D eigenvalue weighted by Crippen LogP contribution is 2.29. The first-order chi connectivity index (χ1) is 10.6. The van der Waals surface area contributed by atoms with E-state index in [-0.39, 0.29) is 6.04 Å². The minimum absolute atomic E-state index is 0.202. The Balaban J connectivity index is 1.98. The van der Waals surface area contributed by atoms with E-state index in [1.807, 2.05) is 19.1 Å². The molecule has 1 aromatic rings. The number of sulfonamides is 1. The highest BCUT2D eigenvalue weighted by molar-refractivity contribution is 7.89. The Morgan fingerprint density at radius 2 is 1.77 bits per heavy atom. The van der Waals surface area contributed by atoms with Gasteiger partial charge in [-0.25, -0.2) is 8.42 Å². The molecule has 0 aromatic heterocycles. The molecule has 0 saturated carbocycles. The molecule has 1 fully saturated rings. The van der Waals surface area contributed by atoms with Gasteiger partial charge in [0.25, 0.3) is 0 Å². The van der Waals surface area contributed by atoms with E-state index in [9.17, 15) is 8.42 Å². The van der Waals surface area contributed by atoms with Crippen LogP contribution in [0.4, 0.5) is 0 Å². The first-order valence-electron chi connectivity index (χ1n) is 8.64. The van der Waals surface area contributed by atoms with Gasteiger partial charge in [-0.1, -0.05) is 56.7 Å². The molecule has 1 aliphatic rings. The van der Waals surface area contributed by atoms with Crippen LogP contribution in [0, 0.1) is 6.92 Å². The van der Waals surface area contributed by atoms with Crippen molar-refractivity contribution in [1.82, 2.24) is 4.31 Å². The summed E-state index contributed by atoms with van der Waals surface area (Å²) in [5.41, 5.74) is 1.09. The van der Waals surface area contributed by atoms with Crippen molar-refractivity contribution in [3.8, 4) is 0 Å². The van der Waals surface area contributed by atoms with Crippen molar-refractivity contribution in [3.63, 3.8) is 0 Å². The minimum atomic E-state index is -3.32. The zero-order chi connectivity index (χ0) is 16.0. The number of hydrogen-bond acceptors (Lipinski definition) is 2. The standard InChI is InChI=1S/C18H29NO2S/c1-3-4-5-6-7-9-17-10-8-15-19(17)22(20,21)18-13-11-16(2)12-14-18/h11-14,17H,3-10,15H2,1-2H3/t17-/m1/s1. The fraction of sp³-hybridized carbons (Fsp3) is 0.667. The maximum Gasteiger partial charge on any atom is 0.243 e. The summed E-state index contributed by atoms with van der Waals surface area (Å²) in [6.45, 7) is 4.87. The normalized spacial score (nSPS) is 19.6. The third-order valence-corrected chi connectivity index (χ3v) is 6.56. The van der Waals surface area contributed by atoms with E-state index in [4.69, 9.17) is 0 Å². The van der Waals surface area contributed by atoms with Gasteiger partial charge in [0.2, 0.25) is 10.0 Å². The van der Waals surface area contributed by atoms with Crippen molar-refractivity contribution in [2.75, 3.05) is 6.54 Å². The molecule has 4 heteroatoms. The Morgan fingerprint density at radius 3 is 2.45 bits per heavy atom. The van der Waals surface area contributed by atoms with Crippen molar-refractivity contribution >= 4 is 10.0 Å². The van der Waals surface area contributed by atoms with Crippen molar-refractivity contribution in [2.45, 2.75) is 76.2 Å². The van der Waals surface area contributed by atoms with Crippen LogP contribution in [-0.4, -0.2) is 25.3 Å². The molecule has 1 aliphatic heterocycles. The fourth-order valence-corrected chi connectivity index (χ4v) is 4.97.